The van der Waals surface area contributed by atoms with Crippen molar-refractivity contribution in [1.82, 2.24) is 25.4 Å². The predicted octanol–water partition coefficient (Wildman–Crippen LogP) is 1.18. The zero-order chi connectivity index (χ0) is 18.6. The Balaban J connectivity index is 1.31. The van der Waals surface area contributed by atoms with E-state index in [0.717, 1.165) is 62.3 Å². The van der Waals surface area contributed by atoms with Crippen LogP contribution in [0.25, 0.3) is 0 Å². The Labute approximate surface area is 159 Å². The Bertz CT molecular complexity index is 816. The van der Waals surface area contributed by atoms with Crippen LogP contribution < -0.4 is 20.3 Å². The van der Waals surface area contributed by atoms with Gasteiger partial charge in [0.15, 0.2) is 11.8 Å². The van der Waals surface area contributed by atoms with Gasteiger partial charge in [-0.05, 0) is 25.0 Å². The van der Waals surface area contributed by atoms with Gasteiger partial charge >= 0.3 is 0 Å². The maximum atomic E-state index is 5.34. The zero-order valence-electron chi connectivity index (χ0n) is 16.0. The summed E-state index contributed by atoms with van der Waals surface area (Å²) in [7, 11) is 3.51. The van der Waals surface area contributed by atoms with E-state index >= 15 is 0 Å². The van der Waals surface area contributed by atoms with Crippen LogP contribution in [0.15, 0.2) is 29.3 Å². The van der Waals surface area contributed by atoms with E-state index in [0.29, 0.717) is 12.6 Å². The molecule has 0 amide bonds. The van der Waals surface area contributed by atoms with Gasteiger partial charge in [0, 0.05) is 50.9 Å². The molecular formula is C19H27N7O. The number of anilines is 1. The van der Waals surface area contributed by atoms with Crippen LogP contribution in [0.2, 0.25) is 0 Å². The van der Waals surface area contributed by atoms with Crippen LogP contribution in [0.1, 0.15) is 24.5 Å². The summed E-state index contributed by atoms with van der Waals surface area (Å²) in [4.78, 5) is 6.74. The molecule has 2 aliphatic heterocycles. The lowest BCUT2D eigenvalue weighted by Gasteiger charge is -2.21. The molecule has 1 unspecified atom stereocenters. The Kier molecular flexibility index (Phi) is 5.13. The van der Waals surface area contributed by atoms with Crippen molar-refractivity contribution in [2.24, 2.45) is 4.99 Å². The number of aliphatic imine (C=N–C) groups is 1. The fraction of sp³-hybridized carbons (Fsp3) is 0.526. The number of methoxy groups -OCH3 is 1. The molecule has 27 heavy (non-hydrogen) atoms. The molecule has 2 aromatic rings. The van der Waals surface area contributed by atoms with E-state index in [2.05, 4.69) is 47.4 Å². The lowest BCUT2D eigenvalue weighted by Crippen LogP contribution is -2.44. The third-order valence-corrected chi connectivity index (χ3v) is 5.27. The van der Waals surface area contributed by atoms with E-state index in [-0.39, 0.29) is 0 Å². The van der Waals surface area contributed by atoms with Gasteiger partial charge in [0.1, 0.15) is 11.6 Å². The third kappa shape index (κ3) is 3.84. The highest BCUT2D eigenvalue weighted by Crippen LogP contribution is 2.24. The molecule has 2 aliphatic rings. The van der Waals surface area contributed by atoms with Crippen molar-refractivity contribution in [2.75, 3.05) is 32.1 Å². The number of guanidine groups is 1. The summed E-state index contributed by atoms with van der Waals surface area (Å²) in [5.41, 5.74) is 1.20. The molecule has 1 saturated heterocycles. The number of aryl methyl sites for hydroxylation is 1. The van der Waals surface area contributed by atoms with Gasteiger partial charge in [-0.2, -0.15) is 0 Å². The first-order valence-corrected chi connectivity index (χ1v) is 9.54. The minimum absolute atomic E-state index is 0.353. The molecule has 0 saturated carbocycles. The van der Waals surface area contributed by atoms with Crippen molar-refractivity contribution in [1.29, 1.82) is 0 Å². The number of nitrogens with one attached hydrogen (secondary N) is 2. The fourth-order valence-corrected chi connectivity index (χ4v) is 3.81. The lowest BCUT2D eigenvalue weighted by molar-refractivity contribution is 0.415. The SMILES string of the molecule is CN=C(NCc1nnc2n1CCC2)NC1CCN(c2cccc(OC)c2)C1. The molecule has 0 spiro atoms. The molecular weight excluding hydrogens is 342 g/mol. The third-order valence-electron chi connectivity index (χ3n) is 5.27. The average Bonchev–Trinajstić information content (AvgIpc) is 3.43. The molecule has 8 nitrogen and oxygen atoms in total. The number of fused-ring (bicyclic) bond motifs is 1. The van der Waals surface area contributed by atoms with E-state index < -0.39 is 0 Å². The molecule has 2 N–H and O–H groups in total. The molecule has 0 aliphatic carbocycles. The first-order chi connectivity index (χ1) is 13.3. The minimum atomic E-state index is 0.353. The summed E-state index contributed by atoms with van der Waals surface area (Å²) < 4.78 is 7.55. The minimum Gasteiger partial charge on any atom is -0.497 e. The maximum Gasteiger partial charge on any atom is 0.191 e. The molecule has 8 heteroatoms. The highest BCUT2D eigenvalue weighted by Gasteiger charge is 2.24. The number of aromatic nitrogens is 3. The summed E-state index contributed by atoms with van der Waals surface area (Å²) in [6, 6.07) is 8.58. The Hall–Kier alpha value is -2.77. The van der Waals surface area contributed by atoms with E-state index in [1.54, 1.807) is 14.2 Å². The molecule has 4 rings (SSSR count). The molecule has 144 valence electrons. The van der Waals surface area contributed by atoms with Crippen molar-refractivity contribution in [2.45, 2.75) is 38.4 Å². The molecule has 0 bridgehead atoms. The number of nitrogens with zero attached hydrogens (tertiary/aromatic N) is 5. The van der Waals surface area contributed by atoms with Gasteiger partial charge in [-0.3, -0.25) is 4.99 Å². The summed E-state index contributed by atoms with van der Waals surface area (Å²) in [6.07, 6.45) is 3.26. The topological polar surface area (TPSA) is 79.6 Å². The highest BCUT2D eigenvalue weighted by atomic mass is 16.5. The number of rotatable bonds is 5. The highest BCUT2D eigenvalue weighted by molar-refractivity contribution is 5.80. The van der Waals surface area contributed by atoms with Crippen molar-refractivity contribution < 1.29 is 4.74 Å². The number of hydrogen-bond acceptors (Lipinski definition) is 5. The average molecular weight is 369 g/mol. The predicted molar refractivity (Wildman–Crippen MR) is 105 cm³/mol. The van der Waals surface area contributed by atoms with Crippen molar-refractivity contribution in [3.05, 3.63) is 35.9 Å². The molecule has 1 aromatic heterocycles. The Morgan fingerprint density at radius 3 is 3.11 bits per heavy atom. The van der Waals surface area contributed by atoms with Crippen LogP contribution in [0.3, 0.4) is 0 Å². The number of benzene rings is 1. The Morgan fingerprint density at radius 1 is 1.33 bits per heavy atom. The second-order valence-electron chi connectivity index (χ2n) is 6.99. The van der Waals surface area contributed by atoms with Crippen molar-refractivity contribution in [3.63, 3.8) is 0 Å². The number of ether oxygens (including phenoxy) is 1. The van der Waals surface area contributed by atoms with Crippen LogP contribution in [0.5, 0.6) is 5.75 Å². The van der Waals surface area contributed by atoms with Gasteiger partial charge < -0.3 is 24.8 Å². The first kappa shape index (κ1) is 17.6. The van der Waals surface area contributed by atoms with Gasteiger partial charge in [0.05, 0.1) is 13.7 Å². The molecule has 1 aromatic carbocycles. The molecule has 1 atom stereocenters. The van der Waals surface area contributed by atoms with Crippen molar-refractivity contribution in [3.8, 4) is 5.75 Å². The van der Waals surface area contributed by atoms with Crippen LogP contribution in [0, 0.1) is 0 Å². The largest absolute Gasteiger partial charge is 0.497 e. The van der Waals surface area contributed by atoms with E-state index in [4.69, 9.17) is 4.74 Å². The van der Waals surface area contributed by atoms with E-state index in [1.165, 1.54) is 5.69 Å². The Morgan fingerprint density at radius 2 is 2.26 bits per heavy atom. The summed E-state index contributed by atoms with van der Waals surface area (Å²) in [6.45, 7) is 3.61. The second-order valence-corrected chi connectivity index (χ2v) is 6.99. The first-order valence-electron chi connectivity index (χ1n) is 9.54. The van der Waals surface area contributed by atoms with Crippen LogP contribution >= 0.6 is 0 Å². The van der Waals surface area contributed by atoms with E-state index in [9.17, 15) is 0 Å². The van der Waals surface area contributed by atoms with Gasteiger partial charge in [-0.25, -0.2) is 0 Å². The van der Waals surface area contributed by atoms with Gasteiger partial charge in [-0.15, -0.1) is 10.2 Å². The second kappa shape index (κ2) is 7.85. The lowest BCUT2D eigenvalue weighted by atomic mass is 10.2. The monoisotopic (exact) mass is 369 g/mol. The maximum absolute atomic E-state index is 5.34. The normalized spacial score (nSPS) is 19.3. The van der Waals surface area contributed by atoms with E-state index in [1.807, 2.05) is 12.1 Å². The summed E-state index contributed by atoms with van der Waals surface area (Å²) in [5, 5.41) is 15.5. The van der Waals surface area contributed by atoms with Gasteiger partial charge in [0.25, 0.3) is 0 Å². The number of hydrogen-bond donors (Lipinski definition) is 2. The van der Waals surface area contributed by atoms with Crippen LogP contribution in [-0.2, 0) is 19.5 Å². The summed E-state index contributed by atoms with van der Waals surface area (Å²) >= 11 is 0. The smallest absolute Gasteiger partial charge is 0.191 e. The standard InChI is InChI=1S/C19H27N7O/c1-20-19(21-12-18-24-23-17-7-4-9-26(17)18)22-14-8-10-25(13-14)15-5-3-6-16(11-15)27-2/h3,5-6,11,14H,4,7-10,12-13H2,1-2H3,(H2,20,21,22). The fourth-order valence-electron chi connectivity index (χ4n) is 3.81. The molecule has 0 radical (unpaired) electrons. The zero-order valence-corrected chi connectivity index (χ0v) is 16.0. The van der Waals surface area contributed by atoms with Gasteiger partial charge in [-0.1, -0.05) is 6.07 Å². The van der Waals surface area contributed by atoms with Crippen LogP contribution in [-0.4, -0.2) is 54.0 Å². The molecule has 3 heterocycles. The summed E-state index contributed by atoms with van der Waals surface area (Å²) in [5.74, 6) is 3.78. The van der Waals surface area contributed by atoms with Crippen molar-refractivity contribution >= 4 is 11.6 Å². The van der Waals surface area contributed by atoms with Crippen LogP contribution in [0.4, 0.5) is 5.69 Å². The molecule has 1 fully saturated rings. The van der Waals surface area contributed by atoms with Gasteiger partial charge in [0.2, 0.25) is 0 Å². The quantitative estimate of drug-likeness (QED) is 0.609.